The number of piperazine rings is 1. The molecule has 1 amide bonds. The van der Waals surface area contributed by atoms with Gasteiger partial charge in [0.1, 0.15) is 0 Å². The van der Waals surface area contributed by atoms with Gasteiger partial charge in [-0.05, 0) is 18.9 Å². The summed E-state index contributed by atoms with van der Waals surface area (Å²) in [5.74, 6) is 0. The summed E-state index contributed by atoms with van der Waals surface area (Å²) in [5.41, 5.74) is 1.37. The van der Waals surface area contributed by atoms with Crippen molar-refractivity contribution in [2.24, 2.45) is 0 Å². The molecule has 1 saturated heterocycles. The van der Waals surface area contributed by atoms with E-state index in [1.54, 1.807) is 4.90 Å². The molecule has 0 aromatic heterocycles. The summed E-state index contributed by atoms with van der Waals surface area (Å²) in [4.78, 5) is 15.7. The number of amides is 1. The Bertz CT molecular complexity index is 408. The van der Waals surface area contributed by atoms with Gasteiger partial charge < -0.3 is 9.64 Å². The Hall–Kier alpha value is -1.55. The number of methoxy groups -OCH3 is 1. The summed E-state index contributed by atoms with van der Waals surface area (Å²) in [6.07, 6.45) is 0.846. The van der Waals surface area contributed by atoms with Gasteiger partial charge >= 0.3 is 6.09 Å². The average Bonchev–Trinajstić information content (AvgIpc) is 2.46. The Labute approximate surface area is 115 Å². The molecule has 1 atom stereocenters. The minimum atomic E-state index is -0.213. The van der Waals surface area contributed by atoms with Crippen LogP contribution in [-0.2, 0) is 11.2 Å². The molecule has 4 nitrogen and oxygen atoms in total. The molecule has 4 heteroatoms. The molecular formula is C15H22N2O2. The quantitative estimate of drug-likeness (QED) is 0.835. The van der Waals surface area contributed by atoms with Gasteiger partial charge in [-0.2, -0.15) is 0 Å². The lowest BCUT2D eigenvalue weighted by Crippen LogP contribution is -2.53. The minimum absolute atomic E-state index is 0.213. The second-order valence-electron chi connectivity index (χ2n) is 5.04. The van der Waals surface area contributed by atoms with E-state index in [4.69, 9.17) is 4.74 Å². The second kappa shape index (κ2) is 6.57. The molecule has 0 aliphatic carbocycles. The van der Waals surface area contributed by atoms with E-state index in [1.807, 2.05) is 6.07 Å². The molecule has 1 aromatic carbocycles. The normalized spacial score (nSPS) is 20.3. The Morgan fingerprint density at radius 1 is 1.32 bits per heavy atom. The van der Waals surface area contributed by atoms with Crippen molar-refractivity contribution in [3.63, 3.8) is 0 Å². The van der Waals surface area contributed by atoms with Crippen LogP contribution in [0.2, 0.25) is 0 Å². The highest BCUT2D eigenvalue weighted by Crippen LogP contribution is 2.11. The maximum Gasteiger partial charge on any atom is 0.409 e. The highest BCUT2D eigenvalue weighted by molar-refractivity contribution is 5.67. The van der Waals surface area contributed by atoms with Crippen LogP contribution in [-0.4, -0.2) is 55.2 Å². The lowest BCUT2D eigenvalue weighted by atomic mass is 10.1. The molecule has 19 heavy (non-hydrogen) atoms. The van der Waals surface area contributed by atoms with E-state index in [0.717, 1.165) is 32.6 Å². The number of hydrogen-bond donors (Lipinski definition) is 0. The van der Waals surface area contributed by atoms with Crippen molar-refractivity contribution in [2.45, 2.75) is 19.4 Å². The van der Waals surface area contributed by atoms with E-state index in [0.29, 0.717) is 6.04 Å². The van der Waals surface area contributed by atoms with E-state index in [1.165, 1.54) is 12.7 Å². The van der Waals surface area contributed by atoms with Gasteiger partial charge in [0.05, 0.1) is 7.11 Å². The first kappa shape index (κ1) is 13.9. The third kappa shape index (κ3) is 3.70. The maximum atomic E-state index is 11.5. The molecule has 1 unspecified atom stereocenters. The first-order valence-corrected chi connectivity index (χ1v) is 6.81. The molecule has 1 aliphatic heterocycles. The smallest absolute Gasteiger partial charge is 0.409 e. The fourth-order valence-electron chi connectivity index (χ4n) is 2.54. The third-order valence-electron chi connectivity index (χ3n) is 3.73. The van der Waals surface area contributed by atoms with Crippen molar-refractivity contribution >= 4 is 6.09 Å². The van der Waals surface area contributed by atoms with Crippen molar-refractivity contribution in [1.29, 1.82) is 0 Å². The van der Waals surface area contributed by atoms with Gasteiger partial charge in [0, 0.05) is 32.2 Å². The predicted octanol–water partition coefficient (Wildman–Crippen LogP) is 2.00. The lowest BCUT2D eigenvalue weighted by Gasteiger charge is -2.39. The van der Waals surface area contributed by atoms with E-state index < -0.39 is 0 Å². The Morgan fingerprint density at radius 3 is 2.68 bits per heavy atom. The van der Waals surface area contributed by atoms with Crippen molar-refractivity contribution in [3.8, 4) is 0 Å². The van der Waals surface area contributed by atoms with Crippen LogP contribution < -0.4 is 0 Å². The largest absolute Gasteiger partial charge is 0.453 e. The zero-order chi connectivity index (χ0) is 13.7. The van der Waals surface area contributed by atoms with Crippen molar-refractivity contribution in [1.82, 2.24) is 9.80 Å². The summed E-state index contributed by atoms with van der Waals surface area (Å²) in [6, 6.07) is 10.9. The number of carbonyl (C=O) groups is 1. The van der Waals surface area contributed by atoms with Gasteiger partial charge in [-0.1, -0.05) is 30.3 Å². The van der Waals surface area contributed by atoms with E-state index in [9.17, 15) is 4.79 Å². The molecule has 2 rings (SSSR count). The van der Waals surface area contributed by atoms with Crippen LogP contribution in [0.4, 0.5) is 4.79 Å². The second-order valence-corrected chi connectivity index (χ2v) is 5.04. The summed E-state index contributed by atoms with van der Waals surface area (Å²) in [7, 11) is 1.44. The molecule has 1 heterocycles. The molecule has 1 aromatic rings. The van der Waals surface area contributed by atoms with Crippen LogP contribution >= 0.6 is 0 Å². The molecule has 0 N–H and O–H groups in total. The highest BCUT2D eigenvalue weighted by Gasteiger charge is 2.26. The van der Waals surface area contributed by atoms with E-state index in [2.05, 4.69) is 36.1 Å². The van der Waals surface area contributed by atoms with Gasteiger partial charge in [0.2, 0.25) is 0 Å². The Balaban J connectivity index is 1.82. The third-order valence-corrected chi connectivity index (χ3v) is 3.73. The molecule has 1 aliphatic rings. The van der Waals surface area contributed by atoms with Crippen LogP contribution in [0.1, 0.15) is 12.5 Å². The predicted molar refractivity (Wildman–Crippen MR) is 75.2 cm³/mol. The number of hydrogen-bond acceptors (Lipinski definition) is 3. The van der Waals surface area contributed by atoms with Crippen LogP contribution in [0.5, 0.6) is 0 Å². The molecule has 0 spiro atoms. The zero-order valence-corrected chi connectivity index (χ0v) is 11.7. The first-order valence-electron chi connectivity index (χ1n) is 6.81. The summed E-state index contributed by atoms with van der Waals surface area (Å²) >= 11 is 0. The number of ether oxygens (including phenoxy) is 1. The Kier molecular flexibility index (Phi) is 4.80. The summed E-state index contributed by atoms with van der Waals surface area (Å²) < 4.78 is 4.77. The average molecular weight is 262 g/mol. The van der Waals surface area contributed by atoms with E-state index in [-0.39, 0.29) is 6.09 Å². The Morgan fingerprint density at radius 2 is 2.05 bits per heavy atom. The van der Waals surface area contributed by atoms with Gasteiger partial charge in [-0.15, -0.1) is 0 Å². The number of rotatable bonds is 3. The number of nitrogens with zero attached hydrogens (tertiary/aromatic N) is 2. The van der Waals surface area contributed by atoms with Crippen LogP contribution in [0, 0.1) is 0 Å². The lowest BCUT2D eigenvalue weighted by molar-refractivity contribution is 0.0662. The summed E-state index contributed by atoms with van der Waals surface area (Å²) in [5, 5.41) is 0. The SMILES string of the molecule is COC(=O)N1CCN(CCc2ccccc2)C(C)C1. The monoisotopic (exact) mass is 262 g/mol. The minimum Gasteiger partial charge on any atom is -0.453 e. The zero-order valence-electron chi connectivity index (χ0n) is 11.7. The number of benzene rings is 1. The standard InChI is InChI=1S/C15H22N2O2/c1-13-12-17(15(18)19-2)11-10-16(13)9-8-14-6-4-3-5-7-14/h3-7,13H,8-12H2,1-2H3. The first-order chi connectivity index (χ1) is 9.20. The van der Waals surface area contributed by atoms with Crippen LogP contribution in [0.15, 0.2) is 30.3 Å². The maximum absolute atomic E-state index is 11.5. The van der Waals surface area contributed by atoms with Crippen molar-refractivity contribution < 1.29 is 9.53 Å². The van der Waals surface area contributed by atoms with Crippen LogP contribution in [0.25, 0.3) is 0 Å². The molecule has 0 radical (unpaired) electrons. The molecule has 104 valence electrons. The molecular weight excluding hydrogens is 240 g/mol. The van der Waals surface area contributed by atoms with Crippen LogP contribution in [0.3, 0.4) is 0 Å². The summed E-state index contributed by atoms with van der Waals surface area (Å²) in [6.45, 7) is 5.64. The molecule has 0 bridgehead atoms. The fourth-order valence-corrected chi connectivity index (χ4v) is 2.54. The molecule has 0 saturated carbocycles. The van der Waals surface area contributed by atoms with Gasteiger partial charge in [0.25, 0.3) is 0 Å². The molecule has 1 fully saturated rings. The van der Waals surface area contributed by atoms with E-state index >= 15 is 0 Å². The highest BCUT2D eigenvalue weighted by atomic mass is 16.5. The van der Waals surface area contributed by atoms with Crippen molar-refractivity contribution in [3.05, 3.63) is 35.9 Å². The fraction of sp³-hybridized carbons (Fsp3) is 0.533. The topological polar surface area (TPSA) is 32.8 Å². The van der Waals surface area contributed by atoms with Gasteiger partial charge in [0.15, 0.2) is 0 Å². The van der Waals surface area contributed by atoms with Gasteiger partial charge in [-0.25, -0.2) is 4.79 Å². The van der Waals surface area contributed by atoms with Crippen molar-refractivity contribution in [2.75, 3.05) is 33.3 Å². The van der Waals surface area contributed by atoms with Gasteiger partial charge in [-0.3, -0.25) is 4.90 Å². The number of carbonyl (C=O) groups excluding carboxylic acids is 1.